The van der Waals surface area contributed by atoms with E-state index in [0.717, 1.165) is 10.2 Å². The molecule has 0 radical (unpaired) electrons. The number of nitrogens with zero attached hydrogens (tertiary/aromatic N) is 3. The van der Waals surface area contributed by atoms with Gasteiger partial charge in [-0.05, 0) is 11.4 Å². The zero-order valence-corrected chi connectivity index (χ0v) is 13.1. The monoisotopic (exact) mass is 326 g/mol. The Morgan fingerprint density at radius 2 is 2.48 bits per heavy atom. The molecule has 21 heavy (non-hydrogen) atoms. The molecule has 3 heterocycles. The molecule has 6 nitrogen and oxygen atoms in total. The predicted octanol–water partition coefficient (Wildman–Crippen LogP) is 1.29. The van der Waals surface area contributed by atoms with E-state index in [2.05, 4.69) is 15.3 Å². The lowest BCUT2D eigenvalue weighted by Gasteiger charge is -2.33. The number of fused-ring (bicyclic) bond motifs is 1. The summed E-state index contributed by atoms with van der Waals surface area (Å²) in [6.07, 6.45) is 0. The molecule has 1 saturated heterocycles. The maximum absolute atomic E-state index is 11.9. The molecule has 1 fully saturated rings. The average molecular weight is 327 g/mol. The molecular formula is C13H15ClN4O2S. The van der Waals surface area contributed by atoms with Crippen LogP contribution in [0.15, 0.2) is 11.4 Å². The van der Waals surface area contributed by atoms with Gasteiger partial charge in [-0.15, -0.1) is 11.3 Å². The minimum absolute atomic E-state index is 0.0574. The Bertz CT molecular complexity index is 663. The van der Waals surface area contributed by atoms with Crippen molar-refractivity contribution in [1.29, 1.82) is 0 Å². The summed E-state index contributed by atoms with van der Waals surface area (Å²) in [6.45, 7) is 2.13. The Morgan fingerprint density at radius 3 is 3.29 bits per heavy atom. The van der Waals surface area contributed by atoms with Gasteiger partial charge in [0.15, 0.2) is 0 Å². The van der Waals surface area contributed by atoms with Crippen LogP contribution in [0.2, 0.25) is 5.15 Å². The maximum Gasteiger partial charge on any atom is 0.239 e. The summed E-state index contributed by atoms with van der Waals surface area (Å²) in [7, 11) is 1.63. The van der Waals surface area contributed by atoms with Gasteiger partial charge in [-0.1, -0.05) is 11.6 Å². The molecule has 0 spiro atoms. The van der Waals surface area contributed by atoms with Gasteiger partial charge in [-0.3, -0.25) is 9.69 Å². The number of rotatable bonds is 3. The van der Waals surface area contributed by atoms with Crippen LogP contribution in [-0.2, 0) is 16.1 Å². The summed E-state index contributed by atoms with van der Waals surface area (Å²) < 4.78 is 5.39. The number of aromatic nitrogens is 2. The van der Waals surface area contributed by atoms with Crippen LogP contribution in [0.25, 0.3) is 10.2 Å². The van der Waals surface area contributed by atoms with Crippen LogP contribution in [0.3, 0.4) is 0 Å². The fraction of sp³-hybridized carbons (Fsp3) is 0.462. The Balaban J connectivity index is 1.83. The van der Waals surface area contributed by atoms with Crippen molar-refractivity contribution in [3.63, 3.8) is 0 Å². The number of hydrogen-bond donors (Lipinski definition) is 1. The Labute approximate surface area is 131 Å². The summed E-state index contributed by atoms with van der Waals surface area (Å²) in [5.41, 5.74) is 0. The first kappa shape index (κ1) is 14.6. The van der Waals surface area contributed by atoms with Crippen molar-refractivity contribution in [1.82, 2.24) is 20.2 Å². The van der Waals surface area contributed by atoms with Crippen molar-refractivity contribution in [2.45, 2.75) is 12.6 Å². The van der Waals surface area contributed by atoms with E-state index >= 15 is 0 Å². The molecule has 112 valence electrons. The standard InChI is InChI=1S/C13H15ClN4O2S/c1-15-12(19)9-7-20-4-3-18(9)6-10-16-11(14)8-2-5-21-13(8)17-10/h2,5,9H,3-4,6-7H2,1H3,(H,15,19). The largest absolute Gasteiger partial charge is 0.378 e. The zero-order valence-electron chi connectivity index (χ0n) is 11.5. The van der Waals surface area contributed by atoms with Crippen LogP contribution in [0.1, 0.15) is 5.82 Å². The summed E-state index contributed by atoms with van der Waals surface area (Å²) in [5, 5.41) is 5.93. The van der Waals surface area contributed by atoms with E-state index in [1.54, 1.807) is 7.05 Å². The summed E-state index contributed by atoms with van der Waals surface area (Å²) in [6, 6.07) is 1.60. The van der Waals surface area contributed by atoms with E-state index < -0.39 is 0 Å². The van der Waals surface area contributed by atoms with Gasteiger partial charge in [-0.2, -0.15) is 0 Å². The lowest BCUT2D eigenvalue weighted by Crippen LogP contribution is -2.52. The Hall–Kier alpha value is -1.28. The molecule has 0 saturated carbocycles. The van der Waals surface area contributed by atoms with Gasteiger partial charge < -0.3 is 10.1 Å². The molecule has 1 aliphatic heterocycles. The number of hydrogen-bond acceptors (Lipinski definition) is 6. The summed E-state index contributed by atoms with van der Waals surface area (Å²) >= 11 is 7.71. The number of thiophene rings is 1. The molecular weight excluding hydrogens is 312 g/mol. The Kier molecular flexibility index (Phi) is 4.34. The van der Waals surface area contributed by atoms with Gasteiger partial charge in [-0.25, -0.2) is 9.97 Å². The third kappa shape index (κ3) is 3.01. The molecule has 8 heteroatoms. The van der Waals surface area contributed by atoms with Crippen molar-refractivity contribution < 1.29 is 9.53 Å². The summed E-state index contributed by atoms with van der Waals surface area (Å²) in [5.74, 6) is 0.573. The van der Waals surface area contributed by atoms with Gasteiger partial charge in [0.1, 0.15) is 21.8 Å². The fourth-order valence-corrected chi connectivity index (χ4v) is 3.44. The van der Waals surface area contributed by atoms with E-state index in [-0.39, 0.29) is 11.9 Å². The molecule has 0 bridgehead atoms. The number of halogens is 1. The first-order valence-electron chi connectivity index (χ1n) is 6.62. The van der Waals surface area contributed by atoms with Crippen molar-refractivity contribution in [2.75, 3.05) is 26.8 Å². The predicted molar refractivity (Wildman–Crippen MR) is 81.5 cm³/mol. The molecule has 1 amide bonds. The van der Waals surface area contributed by atoms with E-state index in [4.69, 9.17) is 16.3 Å². The highest BCUT2D eigenvalue weighted by Crippen LogP contribution is 2.25. The van der Waals surface area contributed by atoms with Crippen LogP contribution in [0.5, 0.6) is 0 Å². The highest BCUT2D eigenvalue weighted by atomic mass is 35.5. The highest BCUT2D eigenvalue weighted by Gasteiger charge is 2.29. The van der Waals surface area contributed by atoms with Gasteiger partial charge in [0, 0.05) is 19.0 Å². The number of ether oxygens (including phenoxy) is 1. The number of nitrogens with one attached hydrogen (secondary N) is 1. The van der Waals surface area contributed by atoms with Crippen LogP contribution in [0.4, 0.5) is 0 Å². The van der Waals surface area contributed by atoms with Crippen LogP contribution < -0.4 is 5.32 Å². The Morgan fingerprint density at radius 1 is 1.62 bits per heavy atom. The molecule has 3 rings (SSSR count). The normalized spacial score (nSPS) is 19.8. The van der Waals surface area contributed by atoms with Gasteiger partial charge in [0.25, 0.3) is 0 Å². The van der Waals surface area contributed by atoms with E-state index in [9.17, 15) is 4.79 Å². The number of amides is 1. The van der Waals surface area contributed by atoms with E-state index in [0.29, 0.717) is 37.3 Å². The third-order valence-electron chi connectivity index (χ3n) is 3.46. The molecule has 1 N–H and O–H groups in total. The second-order valence-corrected chi connectivity index (χ2v) is 6.00. The topological polar surface area (TPSA) is 67.3 Å². The van der Waals surface area contributed by atoms with Crippen LogP contribution in [-0.4, -0.2) is 53.6 Å². The maximum atomic E-state index is 11.9. The molecule has 2 aromatic heterocycles. The van der Waals surface area contributed by atoms with Crippen molar-refractivity contribution in [2.24, 2.45) is 0 Å². The lowest BCUT2D eigenvalue weighted by atomic mass is 10.2. The molecule has 0 aromatic carbocycles. The third-order valence-corrected chi connectivity index (χ3v) is 4.55. The highest BCUT2D eigenvalue weighted by molar-refractivity contribution is 7.16. The van der Waals surface area contributed by atoms with Gasteiger partial charge >= 0.3 is 0 Å². The van der Waals surface area contributed by atoms with E-state index in [1.165, 1.54) is 11.3 Å². The number of carbonyl (C=O) groups is 1. The van der Waals surface area contributed by atoms with Crippen molar-refractivity contribution in [3.05, 3.63) is 22.4 Å². The van der Waals surface area contributed by atoms with E-state index in [1.807, 2.05) is 16.3 Å². The van der Waals surface area contributed by atoms with Crippen molar-refractivity contribution in [3.8, 4) is 0 Å². The lowest BCUT2D eigenvalue weighted by molar-refractivity contribution is -0.132. The minimum atomic E-state index is -0.315. The fourth-order valence-electron chi connectivity index (χ4n) is 2.35. The van der Waals surface area contributed by atoms with Crippen molar-refractivity contribution >= 4 is 39.1 Å². The number of carbonyl (C=O) groups excluding carboxylic acids is 1. The first-order chi connectivity index (χ1) is 10.2. The molecule has 1 atom stereocenters. The SMILES string of the molecule is CNC(=O)C1COCCN1Cc1nc(Cl)c2ccsc2n1. The molecule has 0 aliphatic carbocycles. The van der Waals surface area contributed by atoms with Crippen LogP contribution >= 0.6 is 22.9 Å². The molecule has 1 unspecified atom stereocenters. The number of likely N-dealkylation sites (N-methyl/N-ethyl adjacent to an activating group) is 1. The smallest absolute Gasteiger partial charge is 0.239 e. The van der Waals surface area contributed by atoms with Gasteiger partial charge in [0.2, 0.25) is 5.91 Å². The zero-order chi connectivity index (χ0) is 14.8. The van der Waals surface area contributed by atoms with Crippen LogP contribution in [0, 0.1) is 0 Å². The average Bonchev–Trinajstić information content (AvgIpc) is 2.96. The molecule has 1 aliphatic rings. The quantitative estimate of drug-likeness (QED) is 0.861. The second kappa shape index (κ2) is 6.23. The second-order valence-electron chi connectivity index (χ2n) is 4.75. The van der Waals surface area contributed by atoms with Gasteiger partial charge in [0.05, 0.1) is 19.8 Å². The number of morpholine rings is 1. The first-order valence-corrected chi connectivity index (χ1v) is 7.88. The summed E-state index contributed by atoms with van der Waals surface area (Å²) in [4.78, 5) is 23.7. The molecule has 2 aromatic rings. The minimum Gasteiger partial charge on any atom is -0.378 e.